The van der Waals surface area contributed by atoms with Crippen LogP contribution in [0.3, 0.4) is 0 Å². The Kier molecular flexibility index (Phi) is 4.62. The average molecular weight is 276 g/mol. The number of nitrogen functional groups attached to an aromatic ring is 1. The Balaban J connectivity index is 1.94. The second-order valence-electron chi connectivity index (χ2n) is 5.68. The van der Waals surface area contributed by atoms with Crippen molar-refractivity contribution in [2.24, 2.45) is 0 Å². The summed E-state index contributed by atoms with van der Waals surface area (Å²) < 4.78 is 0. The number of amides is 1. The fourth-order valence-corrected chi connectivity index (χ4v) is 2.57. The van der Waals surface area contributed by atoms with Gasteiger partial charge in [-0.1, -0.05) is 0 Å². The molecule has 1 atom stereocenters. The Morgan fingerprint density at radius 2 is 2.15 bits per heavy atom. The SMILES string of the molecule is Cc1cc(N)ccc1C(=O)NCC1CN(C)CCN1C. The van der Waals surface area contributed by atoms with Gasteiger partial charge in [-0.2, -0.15) is 0 Å². The minimum absolute atomic E-state index is 0.0240. The molecule has 1 aliphatic heterocycles. The maximum absolute atomic E-state index is 12.2. The molecule has 1 unspecified atom stereocenters. The summed E-state index contributed by atoms with van der Waals surface area (Å²) in [5.41, 5.74) is 8.01. The molecule has 0 bridgehead atoms. The first-order valence-corrected chi connectivity index (χ1v) is 7.00. The number of hydrogen-bond donors (Lipinski definition) is 2. The van der Waals surface area contributed by atoms with Gasteiger partial charge in [0.2, 0.25) is 0 Å². The third-order valence-electron chi connectivity index (χ3n) is 3.97. The van der Waals surface area contributed by atoms with Gasteiger partial charge in [-0.25, -0.2) is 0 Å². The van der Waals surface area contributed by atoms with Gasteiger partial charge in [0.1, 0.15) is 0 Å². The Bertz CT molecular complexity index is 489. The summed E-state index contributed by atoms with van der Waals surface area (Å²) in [5, 5.41) is 3.03. The zero-order valence-electron chi connectivity index (χ0n) is 12.5. The van der Waals surface area contributed by atoms with Crippen LogP contribution in [-0.2, 0) is 0 Å². The van der Waals surface area contributed by atoms with Crippen LogP contribution in [0, 0.1) is 6.92 Å². The maximum atomic E-state index is 12.2. The second kappa shape index (κ2) is 6.24. The van der Waals surface area contributed by atoms with E-state index in [9.17, 15) is 4.79 Å². The molecule has 1 aliphatic rings. The summed E-state index contributed by atoms with van der Waals surface area (Å²) in [7, 11) is 4.23. The van der Waals surface area contributed by atoms with Crippen LogP contribution in [0.2, 0.25) is 0 Å². The number of carbonyl (C=O) groups excluding carboxylic acids is 1. The molecule has 0 spiro atoms. The number of piperazine rings is 1. The number of hydrogen-bond acceptors (Lipinski definition) is 4. The number of nitrogens with two attached hydrogens (primary N) is 1. The van der Waals surface area contributed by atoms with Crippen LogP contribution in [0.1, 0.15) is 15.9 Å². The van der Waals surface area contributed by atoms with Crippen molar-refractivity contribution < 1.29 is 4.79 Å². The number of nitrogens with zero attached hydrogens (tertiary/aromatic N) is 2. The minimum Gasteiger partial charge on any atom is -0.399 e. The quantitative estimate of drug-likeness (QED) is 0.792. The molecule has 0 aliphatic carbocycles. The molecule has 1 amide bonds. The normalized spacial score (nSPS) is 20.9. The Morgan fingerprint density at radius 3 is 2.85 bits per heavy atom. The highest BCUT2D eigenvalue weighted by Gasteiger charge is 2.22. The molecule has 1 heterocycles. The smallest absolute Gasteiger partial charge is 0.251 e. The van der Waals surface area contributed by atoms with Crippen LogP contribution in [0.15, 0.2) is 18.2 Å². The molecule has 110 valence electrons. The fraction of sp³-hybridized carbons (Fsp3) is 0.533. The first-order chi connectivity index (χ1) is 9.47. The number of benzene rings is 1. The van der Waals surface area contributed by atoms with E-state index in [1.807, 2.05) is 13.0 Å². The third kappa shape index (κ3) is 3.49. The molecule has 5 heteroatoms. The monoisotopic (exact) mass is 276 g/mol. The number of anilines is 1. The third-order valence-corrected chi connectivity index (χ3v) is 3.97. The van der Waals surface area contributed by atoms with Gasteiger partial charge in [0.05, 0.1) is 0 Å². The first kappa shape index (κ1) is 14.8. The number of rotatable bonds is 3. The van der Waals surface area contributed by atoms with Gasteiger partial charge in [0.15, 0.2) is 0 Å². The van der Waals surface area contributed by atoms with Crippen LogP contribution < -0.4 is 11.1 Å². The molecular formula is C15H24N4O. The molecule has 1 aromatic carbocycles. The summed E-state index contributed by atoms with van der Waals surface area (Å²) in [6.45, 7) is 5.68. The van der Waals surface area contributed by atoms with E-state index in [1.54, 1.807) is 12.1 Å². The molecule has 20 heavy (non-hydrogen) atoms. The van der Waals surface area contributed by atoms with Crippen molar-refractivity contribution in [2.45, 2.75) is 13.0 Å². The zero-order valence-corrected chi connectivity index (χ0v) is 12.5. The predicted octanol–water partition coefficient (Wildman–Crippen LogP) is 0.553. The summed E-state index contributed by atoms with van der Waals surface area (Å²) in [4.78, 5) is 16.8. The van der Waals surface area contributed by atoms with Crippen LogP contribution in [0.25, 0.3) is 0 Å². The number of likely N-dealkylation sites (N-methyl/N-ethyl adjacent to an activating group) is 2. The number of carbonyl (C=O) groups is 1. The van der Waals surface area contributed by atoms with E-state index in [-0.39, 0.29) is 5.91 Å². The molecule has 1 saturated heterocycles. The van der Waals surface area contributed by atoms with Gasteiger partial charge in [0, 0.05) is 43.5 Å². The van der Waals surface area contributed by atoms with Gasteiger partial charge in [-0.05, 0) is 44.8 Å². The standard InChI is InChI=1S/C15H24N4O/c1-11-8-12(16)4-5-14(11)15(20)17-9-13-10-18(2)6-7-19(13)3/h4-5,8,13H,6-7,9-10,16H2,1-3H3,(H,17,20). The van der Waals surface area contributed by atoms with Gasteiger partial charge < -0.3 is 16.0 Å². The Hall–Kier alpha value is -1.59. The van der Waals surface area contributed by atoms with Crippen molar-refractivity contribution in [1.29, 1.82) is 0 Å². The van der Waals surface area contributed by atoms with Gasteiger partial charge in [0.25, 0.3) is 5.91 Å². The van der Waals surface area contributed by atoms with Crippen LogP contribution in [0.5, 0.6) is 0 Å². The van der Waals surface area contributed by atoms with Crippen molar-refractivity contribution in [3.8, 4) is 0 Å². The van der Waals surface area contributed by atoms with Crippen molar-refractivity contribution in [3.05, 3.63) is 29.3 Å². The van der Waals surface area contributed by atoms with E-state index in [4.69, 9.17) is 5.73 Å². The Morgan fingerprint density at radius 1 is 1.40 bits per heavy atom. The molecule has 5 nitrogen and oxygen atoms in total. The van der Waals surface area contributed by atoms with Gasteiger partial charge in [-0.15, -0.1) is 0 Å². The second-order valence-corrected chi connectivity index (χ2v) is 5.68. The van der Waals surface area contributed by atoms with Crippen molar-refractivity contribution in [2.75, 3.05) is 46.0 Å². The molecular weight excluding hydrogens is 252 g/mol. The summed E-state index contributed by atoms with van der Waals surface area (Å²) in [6, 6.07) is 5.75. The lowest BCUT2D eigenvalue weighted by atomic mass is 10.1. The topological polar surface area (TPSA) is 61.6 Å². The Labute approximate surface area is 120 Å². The fourth-order valence-electron chi connectivity index (χ4n) is 2.57. The van der Waals surface area contributed by atoms with E-state index in [0.717, 1.165) is 25.2 Å². The predicted molar refractivity (Wildman–Crippen MR) is 81.8 cm³/mol. The summed E-state index contributed by atoms with van der Waals surface area (Å²) in [5.74, 6) is -0.0240. The van der Waals surface area contributed by atoms with Crippen LogP contribution >= 0.6 is 0 Å². The van der Waals surface area contributed by atoms with E-state index in [1.165, 1.54) is 0 Å². The summed E-state index contributed by atoms with van der Waals surface area (Å²) >= 11 is 0. The minimum atomic E-state index is -0.0240. The lowest BCUT2D eigenvalue weighted by molar-refractivity contribution is 0.0880. The lowest BCUT2D eigenvalue weighted by Crippen LogP contribution is -2.54. The largest absolute Gasteiger partial charge is 0.399 e. The summed E-state index contributed by atoms with van der Waals surface area (Å²) in [6.07, 6.45) is 0. The van der Waals surface area contributed by atoms with Crippen molar-refractivity contribution >= 4 is 11.6 Å². The maximum Gasteiger partial charge on any atom is 0.251 e. The molecule has 0 radical (unpaired) electrons. The highest BCUT2D eigenvalue weighted by atomic mass is 16.1. The first-order valence-electron chi connectivity index (χ1n) is 7.00. The molecule has 1 aromatic rings. The van der Waals surface area contributed by atoms with E-state index < -0.39 is 0 Å². The van der Waals surface area contributed by atoms with Gasteiger partial charge >= 0.3 is 0 Å². The highest BCUT2D eigenvalue weighted by Crippen LogP contribution is 2.12. The molecule has 0 aromatic heterocycles. The zero-order chi connectivity index (χ0) is 14.7. The lowest BCUT2D eigenvalue weighted by Gasteiger charge is -2.37. The molecule has 3 N–H and O–H groups in total. The van der Waals surface area contributed by atoms with Crippen LogP contribution in [-0.4, -0.2) is 62.0 Å². The molecule has 2 rings (SSSR count). The average Bonchev–Trinajstić information content (AvgIpc) is 2.39. The molecule has 1 fully saturated rings. The van der Waals surface area contributed by atoms with E-state index >= 15 is 0 Å². The van der Waals surface area contributed by atoms with E-state index in [0.29, 0.717) is 23.8 Å². The highest BCUT2D eigenvalue weighted by molar-refractivity contribution is 5.96. The molecule has 0 saturated carbocycles. The van der Waals surface area contributed by atoms with Gasteiger partial charge in [-0.3, -0.25) is 9.69 Å². The number of nitrogens with one attached hydrogen (secondary N) is 1. The van der Waals surface area contributed by atoms with Crippen LogP contribution in [0.4, 0.5) is 5.69 Å². The van der Waals surface area contributed by atoms with Crippen molar-refractivity contribution in [1.82, 2.24) is 15.1 Å². The van der Waals surface area contributed by atoms with Crippen molar-refractivity contribution in [3.63, 3.8) is 0 Å². The number of aryl methyl sites for hydroxylation is 1. The van der Waals surface area contributed by atoms with E-state index in [2.05, 4.69) is 29.2 Å².